The number of carbonyl (C=O) groups excluding carboxylic acids is 2. The molecule has 1 aromatic carbocycles. The Morgan fingerprint density at radius 3 is 2.52 bits per heavy atom. The van der Waals surface area contributed by atoms with Crippen molar-refractivity contribution < 1.29 is 9.59 Å². The lowest BCUT2D eigenvalue weighted by molar-refractivity contribution is -0.139. The van der Waals surface area contributed by atoms with Crippen LogP contribution in [-0.2, 0) is 11.3 Å². The van der Waals surface area contributed by atoms with Crippen molar-refractivity contribution in [2.45, 2.75) is 32.2 Å². The number of benzene rings is 1. The number of hydrogen-bond donors (Lipinski definition) is 0. The van der Waals surface area contributed by atoms with Gasteiger partial charge in [0.25, 0.3) is 5.91 Å². The van der Waals surface area contributed by atoms with Gasteiger partial charge in [-0.3, -0.25) is 14.6 Å². The van der Waals surface area contributed by atoms with Crippen LogP contribution in [0.2, 0.25) is 0 Å². The number of nitriles is 1. The van der Waals surface area contributed by atoms with Crippen molar-refractivity contribution in [3.63, 3.8) is 0 Å². The normalized spacial score (nSPS) is 18.5. The summed E-state index contributed by atoms with van der Waals surface area (Å²) in [5.41, 5.74) is 2.17. The van der Waals surface area contributed by atoms with Gasteiger partial charge < -0.3 is 9.80 Å². The second kappa shape index (κ2) is 8.04. The fourth-order valence-corrected chi connectivity index (χ4v) is 4.40. The number of nitrogens with zero attached hydrogens (tertiary/aromatic N) is 4. The van der Waals surface area contributed by atoms with Crippen molar-refractivity contribution in [2.75, 3.05) is 19.6 Å². The summed E-state index contributed by atoms with van der Waals surface area (Å²) < 4.78 is 0. The lowest BCUT2D eigenvalue weighted by Gasteiger charge is -2.47. The molecule has 0 bridgehead atoms. The van der Waals surface area contributed by atoms with Crippen LogP contribution in [0.1, 0.15) is 47.3 Å². The molecule has 29 heavy (non-hydrogen) atoms. The first-order chi connectivity index (χ1) is 14.1. The Bertz CT molecular complexity index is 926. The Morgan fingerprint density at radius 1 is 1.10 bits per heavy atom. The van der Waals surface area contributed by atoms with Crippen molar-refractivity contribution in [1.29, 1.82) is 5.26 Å². The number of carbonyl (C=O) groups is 2. The maximum absolute atomic E-state index is 12.8. The highest BCUT2D eigenvalue weighted by Crippen LogP contribution is 2.40. The van der Waals surface area contributed by atoms with Crippen LogP contribution < -0.4 is 0 Å². The summed E-state index contributed by atoms with van der Waals surface area (Å²) >= 11 is 0. The topological polar surface area (TPSA) is 77.3 Å². The minimum atomic E-state index is 0.0153. The molecule has 2 aliphatic heterocycles. The molecule has 148 valence electrons. The Hall–Kier alpha value is -3.20. The maximum atomic E-state index is 12.8. The molecular formula is C23H24N4O2. The molecule has 1 spiro atoms. The zero-order valence-electron chi connectivity index (χ0n) is 16.4. The van der Waals surface area contributed by atoms with Gasteiger partial charge in [0.05, 0.1) is 23.9 Å². The number of likely N-dealkylation sites (tertiary alicyclic amines) is 2. The lowest BCUT2D eigenvalue weighted by atomic mass is 9.72. The molecule has 0 saturated carbocycles. The largest absolute Gasteiger partial charge is 0.339 e. The molecular weight excluding hydrogens is 364 g/mol. The van der Waals surface area contributed by atoms with Gasteiger partial charge in [0.1, 0.15) is 0 Å². The molecule has 0 aliphatic carbocycles. The van der Waals surface area contributed by atoms with Crippen LogP contribution in [0.3, 0.4) is 0 Å². The fourth-order valence-electron chi connectivity index (χ4n) is 4.40. The van der Waals surface area contributed by atoms with Gasteiger partial charge in [-0.15, -0.1) is 0 Å². The third-order valence-corrected chi connectivity index (χ3v) is 6.20. The van der Waals surface area contributed by atoms with Crippen LogP contribution in [0.4, 0.5) is 0 Å². The highest BCUT2D eigenvalue weighted by atomic mass is 16.2. The van der Waals surface area contributed by atoms with Gasteiger partial charge in [-0.2, -0.15) is 5.26 Å². The predicted molar refractivity (Wildman–Crippen MR) is 108 cm³/mol. The Morgan fingerprint density at radius 2 is 1.86 bits per heavy atom. The average molecular weight is 388 g/mol. The summed E-state index contributed by atoms with van der Waals surface area (Å²) in [5, 5.41) is 8.91. The van der Waals surface area contributed by atoms with Gasteiger partial charge in [-0.1, -0.05) is 6.07 Å². The molecule has 6 nitrogen and oxygen atoms in total. The van der Waals surface area contributed by atoms with E-state index in [1.54, 1.807) is 30.5 Å². The van der Waals surface area contributed by atoms with Crippen LogP contribution in [-0.4, -0.2) is 46.2 Å². The summed E-state index contributed by atoms with van der Waals surface area (Å²) in [6.07, 6.45) is 5.02. The van der Waals surface area contributed by atoms with E-state index in [2.05, 4.69) is 11.1 Å². The second-order valence-corrected chi connectivity index (χ2v) is 8.05. The van der Waals surface area contributed by atoms with Crippen molar-refractivity contribution in [3.05, 3.63) is 65.5 Å². The Balaban J connectivity index is 1.39. The zero-order valence-corrected chi connectivity index (χ0v) is 16.4. The molecule has 2 aliphatic rings. The Kier molecular flexibility index (Phi) is 5.30. The Labute approximate surface area is 170 Å². The fraction of sp³-hybridized carbons (Fsp3) is 0.391. The van der Waals surface area contributed by atoms with E-state index in [4.69, 9.17) is 5.26 Å². The van der Waals surface area contributed by atoms with Crippen molar-refractivity contribution >= 4 is 11.8 Å². The number of amides is 2. The van der Waals surface area contributed by atoms with Crippen molar-refractivity contribution in [1.82, 2.24) is 14.8 Å². The second-order valence-electron chi connectivity index (χ2n) is 8.05. The van der Waals surface area contributed by atoms with Crippen molar-refractivity contribution in [3.8, 4) is 6.07 Å². The minimum absolute atomic E-state index is 0.0153. The molecule has 4 rings (SSSR count). The van der Waals surface area contributed by atoms with E-state index in [1.807, 2.05) is 28.0 Å². The van der Waals surface area contributed by atoms with Gasteiger partial charge in [0.15, 0.2) is 0 Å². The molecule has 1 aromatic heterocycles. The predicted octanol–water partition coefficient (Wildman–Crippen LogP) is 3.00. The van der Waals surface area contributed by atoms with E-state index in [1.165, 1.54) is 0 Å². The van der Waals surface area contributed by atoms with Crippen LogP contribution in [0.5, 0.6) is 0 Å². The number of aromatic nitrogens is 1. The highest BCUT2D eigenvalue weighted by molar-refractivity contribution is 5.94. The number of pyridine rings is 1. The third-order valence-electron chi connectivity index (χ3n) is 6.20. The molecule has 0 radical (unpaired) electrons. The number of hydrogen-bond acceptors (Lipinski definition) is 4. The van der Waals surface area contributed by atoms with Gasteiger partial charge in [0, 0.05) is 37.8 Å². The van der Waals surface area contributed by atoms with E-state index in [9.17, 15) is 9.59 Å². The first kappa shape index (κ1) is 19.1. The smallest absolute Gasteiger partial charge is 0.253 e. The maximum Gasteiger partial charge on any atom is 0.253 e. The molecule has 2 aromatic rings. The SMILES string of the molecule is N#Cc1ccc(C(=O)N2CCC3(CCC(=O)N(Cc4ccccn4)C3)CC2)cc1. The molecule has 0 unspecified atom stereocenters. The van der Waals surface area contributed by atoms with Crippen LogP contribution in [0.15, 0.2) is 48.7 Å². The molecule has 2 fully saturated rings. The number of piperidine rings is 2. The molecule has 0 N–H and O–H groups in total. The first-order valence-corrected chi connectivity index (χ1v) is 10.1. The van der Waals surface area contributed by atoms with E-state index in [0.717, 1.165) is 31.5 Å². The lowest BCUT2D eigenvalue weighted by Crippen LogP contribution is -2.52. The molecule has 3 heterocycles. The van der Waals surface area contributed by atoms with Crippen molar-refractivity contribution in [2.24, 2.45) is 5.41 Å². The molecule has 2 saturated heterocycles. The van der Waals surface area contributed by atoms with E-state index >= 15 is 0 Å². The summed E-state index contributed by atoms with van der Waals surface area (Å²) in [6, 6.07) is 14.7. The summed E-state index contributed by atoms with van der Waals surface area (Å²) in [5.74, 6) is 0.207. The zero-order chi connectivity index (χ0) is 20.3. The summed E-state index contributed by atoms with van der Waals surface area (Å²) in [7, 11) is 0. The summed E-state index contributed by atoms with van der Waals surface area (Å²) in [6.45, 7) is 2.69. The van der Waals surface area contributed by atoms with E-state index in [0.29, 0.717) is 37.2 Å². The molecule has 0 atom stereocenters. The summed E-state index contributed by atoms with van der Waals surface area (Å²) in [4.78, 5) is 33.4. The van der Waals surface area contributed by atoms with E-state index in [-0.39, 0.29) is 17.2 Å². The monoisotopic (exact) mass is 388 g/mol. The first-order valence-electron chi connectivity index (χ1n) is 10.1. The molecule has 2 amide bonds. The van der Waals surface area contributed by atoms with Crippen LogP contribution >= 0.6 is 0 Å². The standard InChI is InChI=1S/C23H24N4O2/c24-15-18-4-6-19(7-5-18)22(29)26-13-10-23(11-14-26)9-8-21(28)27(17-23)16-20-3-1-2-12-25-20/h1-7,12H,8-11,13-14,16-17H2. The minimum Gasteiger partial charge on any atom is -0.339 e. The van der Waals surface area contributed by atoms with Crippen LogP contribution in [0, 0.1) is 16.7 Å². The quantitative estimate of drug-likeness (QED) is 0.810. The number of rotatable bonds is 3. The third kappa shape index (κ3) is 4.14. The van der Waals surface area contributed by atoms with Gasteiger partial charge in [-0.25, -0.2) is 0 Å². The van der Waals surface area contributed by atoms with Crippen LogP contribution in [0.25, 0.3) is 0 Å². The highest BCUT2D eigenvalue weighted by Gasteiger charge is 2.41. The van der Waals surface area contributed by atoms with E-state index < -0.39 is 0 Å². The van der Waals surface area contributed by atoms with Gasteiger partial charge in [0.2, 0.25) is 5.91 Å². The average Bonchev–Trinajstić information content (AvgIpc) is 2.77. The van der Waals surface area contributed by atoms with Gasteiger partial charge >= 0.3 is 0 Å². The molecule has 6 heteroatoms. The van der Waals surface area contributed by atoms with Gasteiger partial charge in [-0.05, 0) is 61.1 Å².